The first-order valence-electron chi connectivity index (χ1n) is 11.1. The number of hydrogen-bond acceptors (Lipinski definition) is 6. The van der Waals surface area contributed by atoms with E-state index in [-0.39, 0.29) is 23.2 Å². The predicted molar refractivity (Wildman–Crippen MR) is 129 cm³/mol. The molecule has 35 heavy (non-hydrogen) atoms. The van der Waals surface area contributed by atoms with Crippen molar-refractivity contribution in [1.82, 2.24) is 9.55 Å². The Morgan fingerprint density at radius 2 is 1.80 bits per heavy atom. The number of aromatic nitrogens is 2. The second-order valence-corrected chi connectivity index (χ2v) is 8.16. The number of carbonyl (C=O) groups is 1. The number of ether oxygens (including phenoxy) is 2. The Morgan fingerprint density at radius 1 is 1.06 bits per heavy atom. The molecule has 1 aliphatic heterocycles. The lowest BCUT2D eigenvalue weighted by molar-refractivity contribution is 0.122. The predicted octanol–water partition coefficient (Wildman–Crippen LogP) is 4.14. The lowest BCUT2D eigenvalue weighted by Crippen LogP contribution is -2.36. The van der Waals surface area contributed by atoms with E-state index >= 15 is 0 Å². The van der Waals surface area contributed by atoms with Gasteiger partial charge in [0.25, 0.3) is 0 Å². The fraction of sp³-hybridized carbons (Fsp3) is 0.192. The van der Waals surface area contributed by atoms with Gasteiger partial charge in [-0.1, -0.05) is 30.3 Å². The average Bonchev–Trinajstić information content (AvgIpc) is 2.87. The summed E-state index contributed by atoms with van der Waals surface area (Å²) in [6.45, 7) is 3.25. The van der Waals surface area contributed by atoms with Crippen molar-refractivity contribution in [2.45, 2.75) is 6.54 Å². The summed E-state index contributed by atoms with van der Waals surface area (Å²) < 4.78 is 26.2. The number of pyridine rings is 2. The molecule has 4 aromatic rings. The van der Waals surface area contributed by atoms with Crippen LogP contribution in [0.25, 0.3) is 22.0 Å². The summed E-state index contributed by atoms with van der Waals surface area (Å²) in [4.78, 5) is 30.4. The molecule has 2 aromatic carbocycles. The summed E-state index contributed by atoms with van der Waals surface area (Å²) in [6, 6.07) is 15.8. The van der Waals surface area contributed by atoms with Gasteiger partial charge < -0.3 is 24.0 Å². The number of rotatable bonds is 5. The first-order chi connectivity index (χ1) is 17.0. The molecule has 0 unspecified atom stereocenters. The van der Waals surface area contributed by atoms with Crippen LogP contribution >= 0.6 is 0 Å². The lowest BCUT2D eigenvalue weighted by atomic mass is 10.1. The SMILES string of the molecule is O=C(O)Oc1cn(Cc2ccc(-c3ccc(N4CCOCC4)nc3)cc2)c2c(F)cccc2c1=O. The van der Waals surface area contributed by atoms with Gasteiger partial charge in [-0.05, 0) is 35.4 Å². The summed E-state index contributed by atoms with van der Waals surface area (Å²) in [6.07, 6.45) is 1.45. The van der Waals surface area contributed by atoms with Crippen molar-refractivity contribution in [2.75, 3.05) is 31.2 Å². The molecular weight excluding hydrogens is 453 g/mol. The Labute approximate surface area is 199 Å². The van der Waals surface area contributed by atoms with Crippen LogP contribution in [0.1, 0.15) is 5.56 Å². The van der Waals surface area contributed by atoms with Gasteiger partial charge in [-0.15, -0.1) is 0 Å². The number of halogens is 1. The Hall–Kier alpha value is -4.24. The highest BCUT2D eigenvalue weighted by Crippen LogP contribution is 2.24. The number of morpholine rings is 1. The van der Waals surface area contributed by atoms with Gasteiger partial charge in [0.05, 0.1) is 30.3 Å². The number of fused-ring (bicyclic) bond motifs is 1. The van der Waals surface area contributed by atoms with Crippen LogP contribution in [0.2, 0.25) is 0 Å². The number of anilines is 1. The van der Waals surface area contributed by atoms with Crippen molar-refractivity contribution in [2.24, 2.45) is 0 Å². The maximum absolute atomic E-state index is 14.6. The zero-order valence-electron chi connectivity index (χ0n) is 18.7. The lowest BCUT2D eigenvalue weighted by Gasteiger charge is -2.27. The second-order valence-electron chi connectivity index (χ2n) is 8.16. The van der Waals surface area contributed by atoms with Crippen molar-refractivity contribution >= 4 is 22.9 Å². The van der Waals surface area contributed by atoms with Crippen LogP contribution in [-0.2, 0) is 11.3 Å². The molecule has 1 N–H and O–H groups in total. The highest BCUT2D eigenvalue weighted by Gasteiger charge is 2.16. The van der Waals surface area contributed by atoms with Gasteiger partial charge in [-0.25, -0.2) is 14.2 Å². The van der Waals surface area contributed by atoms with E-state index in [2.05, 4.69) is 14.6 Å². The minimum absolute atomic E-state index is 0.0480. The highest BCUT2D eigenvalue weighted by atomic mass is 19.1. The summed E-state index contributed by atoms with van der Waals surface area (Å²) >= 11 is 0. The molecule has 0 bridgehead atoms. The van der Waals surface area contributed by atoms with Gasteiger partial charge in [0.2, 0.25) is 5.43 Å². The fourth-order valence-electron chi connectivity index (χ4n) is 4.22. The van der Waals surface area contributed by atoms with E-state index in [4.69, 9.17) is 9.84 Å². The molecule has 2 aromatic heterocycles. The van der Waals surface area contributed by atoms with Crippen molar-refractivity contribution in [1.29, 1.82) is 0 Å². The van der Waals surface area contributed by atoms with Gasteiger partial charge >= 0.3 is 6.16 Å². The molecule has 9 heteroatoms. The maximum atomic E-state index is 14.6. The van der Waals surface area contributed by atoms with Crippen LogP contribution in [0, 0.1) is 5.82 Å². The van der Waals surface area contributed by atoms with Crippen molar-refractivity contribution in [3.05, 3.63) is 88.6 Å². The largest absolute Gasteiger partial charge is 0.511 e. The summed E-state index contributed by atoms with van der Waals surface area (Å²) in [5, 5.41) is 9.02. The standard InChI is InChI=1S/C26H22FN3O5/c27-21-3-1-2-20-24(21)30(16-22(25(20)31)35-26(32)33)15-17-4-6-18(7-5-17)19-8-9-23(28-14-19)29-10-12-34-13-11-29/h1-9,14,16H,10-13,15H2,(H,32,33). The molecule has 1 aliphatic rings. The third-order valence-corrected chi connectivity index (χ3v) is 5.94. The molecule has 8 nitrogen and oxygen atoms in total. The smallest absolute Gasteiger partial charge is 0.449 e. The number of carboxylic acid groups (broad SMARTS) is 1. The molecule has 5 rings (SSSR count). The summed E-state index contributed by atoms with van der Waals surface area (Å²) in [5.41, 5.74) is 2.18. The first-order valence-corrected chi connectivity index (χ1v) is 11.1. The van der Waals surface area contributed by atoms with Crippen LogP contribution in [0.5, 0.6) is 5.75 Å². The molecule has 0 spiro atoms. The van der Waals surface area contributed by atoms with E-state index in [0.29, 0.717) is 13.2 Å². The van der Waals surface area contributed by atoms with E-state index in [1.807, 2.05) is 42.6 Å². The third kappa shape index (κ3) is 4.71. The van der Waals surface area contributed by atoms with E-state index in [9.17, 15) is 14.0 Å². The Bertz CT molecular complexity index is 1430. The second kappa shape index (κ2) is 9.55. The number of nitrogens with zero attached hydrogens (tertiary/aromatic N) is 3. The maximum Gasteiger partial charge on any atom is 0.511 e. The van der Waals surface area contributed by atoms with Crippen LogP contribution in [-0.4, -0.2) is 47.1 Å². The molecule has 0 saturated carbocycles. The van der Waals surface area contributed by atoms with Gasteiger partial charge in [0, 0.05) is 31.4 Å². The number of hydrogen-bond donors (Lipinski definition) is 1. The van der Waals surface area contributed by atoms with Gasteiger partial charge in [-0.3, -0.25) is 4.79 Å². The van der Waals surface area contributed by atoms with Gasteiger partial charge in [0.1, 0.15) is 11.6 Å². The molecule has 3 heterocycles. The van der Waals surface area contributed by atoms with E-state index in [1.165, 1.54) is 29.0 Å². The quantitative estimate of drug-likeness (QED) is 0.434. The average molecular weight is 475 g/mol. The van der Waals surface area contributed by atoms with Crippen molar-refractivity contribution in [3.63, 3.8) is 0 Å². The zero-order chi connectivity index (χ0) is 24.4. The van der Waals surface area contributed by atoms with E-state index in [0.717, 1.165) is 35.6 Å². The van der Waals surface area contributed by atoms with Gasteiger partial charge in [0.15, 0.2) is 5.75 Å². The third-order valence-electron chi connectivity index (χ3n) is 5.94. The summed E-state index contributed by atoms with van der Waals surface area (Å²) in [5.74, 6) is -0.0386. The van der Waals surface area contributed by atoms with Crippen molar-refractivity contribution < 1.29 is 23.8 Å². The molecule has 0 amide bonds. The Kier molecular flexibility index (Phi) is 6.15. The Morgan fingerprint density at radius 3 is 2.49 bits per heavy atom. The molecule has 1 saturated heterocycles. The van der Waals surface area contributed by atoms with Crippen LogP contribution in [0.15, 0.2) is 71.8 Å². The Balaban J connectivity index is 1.41. The number of para-hydroxylation sites is 1. The molecular formula is C26H22FN3O5. The zero-order valence-corrected chi connectivity index (χ0v) is 18.7. The molecule has 0 radical (unpaired) electrons. The summed E-state index contributed by atoms with van der Waals surface area (Å²) in [7, 11) is 0. The van der Waals surface area contributed by atoms with Crippen LogP contribution in [0.4, 0.5) is 15.0 Å². The first kappa shape index (κ1) is 22.5. The van der Waals surface area contributed by atoms with Crippen LogP contribution < -0.4 is 15.1 Å². The van der Waals surface area contributed by atoms with E-state index < -0.39 is 17.4 Å². The minimum atomic E-state index is -1.61. The number of benzene rings is 2. The molecule has 178 valence electrons. The monoisotopic (exact) mass is 475 g/mol. The van der Waals surface area contributed by atoms with Crippen molar-refractivity contribution in [3.8, 4) is 16.9 Å². The topological polar surface area (TPSA) is 93.9 Å². The van der Waals surface area contributed by atoms with Crippen LogP contribution in [0.3, 0.4) is 0 Å². The highest BCUT2D eigenvalue weighted by molar-refractivity contribution is 5.81. The van der Waals surface area contributed by atoms with E-state index in [1.54, 1.807) is 0 Å². The van der Waals surface area contributed by atoms with Gasteiger partial charge in [-0.2, -0.15) is 0 Å². The minimum Gasteiger partial charge on any atom is -0.449 e. The molecule has 0 aliphatic carbocycles. The molecule has 0 atom stereocenters. The molecule has 1 fully saturated rings. The normalized spacial score (nSPS) is 13.7. The fourth-order valence-corrected chi connectivity index (χ4v) is 4.22.